The molecule has 0 saturated carbocycles. The normalized spacial score (nSPS) is 16.1. The summed E-state index contributed by atoms with van der Waals surface area (Å²) in [5.41, 5.74) is 4.12. The van der Waals surface area contributed by atoms with E-state index < -0.39 is 0 Å². The van der Waals surface area contributed by atoms with Crippen molar-refractivity contribution >= 4 is 41.8 Å². The lowest BCUT2D eigenvalue weighted by atomic mass is 9.96. The first kappa shape index (κ1) is 24.1. The van der Waals surface area contributed by atoms with Gasteiger partial charge in [0, 0.05) is 25.7 Å². The molecule has 1 saturated heterocycles. The summed E-state index contributed by atoms with van der Waals surface area (Å²) in [5.74, 6) is 0.588. The van der Waals surface area contributed by atoms with Crippen molar-refractivity contribution in [3.63, 3.8) is 0 Å². The fourth-order valence-electron chi connectivity index (χ4n) is 4.25. The molecular weight excluding hydrogens is 421 g/mol. The van der Waals surface area contributed by atoms with Gasteiger partial charge in [0.05, 0.1) is 22.3 Å². The first-order chi connectivity index (χ1) is 13.6. The van der Waals surface area contributed by atoms with E-state index in [-0.39, 0.29) is 30.7 Å². The monoisotopic (exact) mass is 449 g/mol. The van der Waals surface area contributed by atoms with E-state index in [4.69, 9.17) is 4.98 Å². The molecule has 6 nitrogen and oxygen atoms in total. The summed E-state index contributed by atoms with van der Waals surface area (Å²) < 4.78 is 1.77. The third kappa shape index (κ3) is 4.61. The number of benzene rings is 1. The van der Waals surface area contributed by atoms with Crippen LogP contribution in [0.25, 0.3) is 22.3 Å². The van der Waals surface area contributed by atoms with E-state index in [2.05, 4.69) is 10.4 Å². The van der Waals surface area contributed by atoms with Crippen LogP contribution in [0.4, 0.5) is 0 Å². The van der Waals surface area contributed by atoms with Gasteiger partial charge < -0.3 is 10.2 Å². The van der Waals surface area contributed by atoms with Gasteiger partial charge in [0.1, 0.15) is 0 Å². The fraction of sp³-hybridized carbons (Fsp3) is 0.409. The summed E-state index contributed by atoms with van der Waals surface area (Å²) in [4.78, 5) is 20.4. The van der Waals surface area contributed by atoms with Gasteiger partial charge in [0.15, 0.2) is 5.65 Å². The minimum Gasteiger partial charge on any atom is -0.338 e. The number of likely N-dealkylation sites (tertiary alicyclic amines) is 1. The molecule has 1 unspecified atom stereocenters. The highest BCUT2D eigenvalue weighted by Crippen LogP contribution is 2.29. The maximum absolute atomic E-state index is 13.5. The molecule has 0 radical (unpaired) electrons. The lowest BCUT2D eigenvalue weighted by molar-refractivity contribution is 0.0676. The molecule has 8 heteroatoms. The van der Waals surface area contributed by atoms with Crippen LogP contribution in [0, 0.1) is 12.8 Å². The number of piperidine rings is 1. The third-order valence-electron chi connectivity index (χ3n) is 5.57. The van der Waals surface area contributed by atoms with E-state index >= 15 is 0 Å². The number of aromatic nitrogens is 3. The predicted molar refractivity (Wildman–Crippen MR) is 126 cm³/mol. The summed E-state index contributed by atoms with van der Waals surface area (Å²) in [5, 5.41) is 8.64. The Morgan fingerprint density at radius 3 is 2.67 bits per heavy atom. The van der Waals surface area contributed by atoms with Gasteiger partial charge in [0.25, 0.3) is 5.91 Å². The number of fused-ring (bicyclic) bond motifs is 1. The molecule has 30 heavy (non-hydrogen) atoms. The number of nitrogens with one attached hydrogen (secondary N) is 1. The Bertz CT molecular complexity index is 1000. The van der Waals surface area contributed by atoms with Crippen LogP contribution >= 0.6 is 24.8 Å². The van der Waals surface area contributed by atoms with Crippen LogP contribution in [0.5, 0.6) is 0 Å². The lowest BCUT2D eigenvalue weighted by Gasteiger charge is -2.33. The van der Waals surface area contributed by atoms with Gasteiger partial charge in [-0.3, -0.25) is 9.48 Å². The molecule has 1 aromatic carbocycles. The molecule has 1 amide bonds. The summed E-state index contributed by atoms with van der Waals surface area (Å²) in [6, 6.07) is 12.0. The molecule has 3 aromatic rings. The number of hydrogen-bond donors (Lipinski definition) is 1. The van der Waals surface area contributed by atoms with Crippen molar-refractivity contribution < 1.29 is 4.79 Å². The highest BCUT2D eigenvalue weighted by atomic mass is 35.5. The number of hydrogen-bond acceptors (Lipinski definition) is 4. The number of amides is 1. The zero-order valence-corrected chi connectivity index (χ0v) is 19.2. The van der Waals surface area contributed by atoms with Crippen molar-refractivity contribution in [1.82, 2.24) is 25.0 Å². The zero-order valence-electron chi connectivity index (χ0n) is 17.6. The number of carbonyl (C=O) groups excluding carboxylic acids is 1. The van der Waals surface area contributed by atoms with Crippen LogP contribution in [0.1, 0.15) is 28.9 Å². The molecule has 3 heterocycles. The number of carbonyl (C=O) groups is 1. The molecule has 4 rings (SSSR count). The molecule has 0 aliphatic carbocycles. The number of aryl methyl sites for hydroxylation is 2. The second kappa shape index (κ2) is 10.2. The smallest absolute Gasteiger partial charge is 0.254 e. The molecule has 0 bridgehead atoms. The van der Waals surface area contributed by atoms with E-state index in [1.165, 1.54) is 0 Å². The number of rotatable bonds is 4. The Morgan fingerprint density at radius 2 is 1.97 bits per heavy atom. The van der Waals surface area contributed by atoms with Crippen LogP contribution in [-0.2, 0) is 7.05 Å². The Hall–Kier alpha value is -2.15. The van der Waals surface area contributed by atoms with Gasteiger partial charge in [-0.25, -0.2) is 4.98 Å². The maximum Gasteiger partial charge on any atom is 0.254 e. The number of halogens is 2. The van der Waals surface area contributed by atoms with Crippen LogP contribution < -0.4 is 5.32 Å². The van der Waals surface area contributed by atoms with Crippen molar-refractivity contribution in [1.29, 1.82) is 0 Å². The fourth-order valence-corrected chi connectivity index (χ4v) is 4.25. The second-order valence-electron chi connectivity index (χ2n) is 7.65. The van der Waals surface area contributed by atoms with Gasteiger partial charge in [0.2, 0.25) is 0 Å². The standard InChI is InChI=1S/C22H27N5O.2ClH/c1-15-20-18(22(28)27-11-7-8-16(14-27)13-23-2)12-19(17-9-5-4-6-10-17)24-21(20)26(3)25-15;;/h4-6,9-10,12,16,23H,7-8,11,13-14H2,1-3H3;2*1H. The lowest BCUT2D eigenvalue weighted by Crippen LogP contribution is -2.42. The third-order valence-corrected chi connectivity index (χ3v) is 5.57. The van der Waals surface area contributed by atoms with Crippen LogP contribution in [0.3, 0.4) is 0 Å². The van der Waals surface area contributed by atoms with E-state index in [1.807, 2.05) is 62.3 Å². The molecule has 1 N–H and O–H groups in total. The molecule has 1 aliphatic rings. The van der Waals surface area contributed by atoms with Gasteiger partial charge in [-0.2, -0.15) is 5.10 Å². The highest BCUT2D eigenvalue weighted by Gasteiger charge is 2.27. The van der Waals surface area contributed by atoms with Crippen molar-refractivity contribution in [3.05, 3.63) is 47.7 Å². The average molecular weight is 450 g/mol. The summed E-state index contributed by atoms with van der Waals surface area (Å²) in [6.07, 6.45) is 2.21. The summed E-state index contributed by atoms with van der Waals surface area (Å²) in [6.45, 7) is 4.49. The van der Waals surface area contributed by atoms with Gasteiger partial charge in [-0.15, -0.1) is 24.8 Å². The van der Waals surface area contributed by atoms with Crippen LogP contribution in [0.15, 0.2) is 36.4 Å². The summed E-state index contributed by atoms with van der Waals surface area (Å²) >= 11 is 0. The molecule has 1 atom stereocenters. The Balaban J connectivity index is 0.00000160. The minimum absolute atomic E-state index is 0. The average Bonchev–Trinajstić information content (AvgIpc) is 3.02. The Labute approximate surface area is 189 Å². The van der Waals surface area contributed by atoms with Crippen molar-refractivity contribution in [2.75, 3.05) is 26.7 Å². The first-order valence-corrected chi connectivity index (χ1v) is 9.92. The quantitative estimate of drug-likeness (QED) is 0.656. The topological polar surface area (TPSA) is 63.1 Å². The molecular formula is C22H29Cl2N5O. The molecule has 1 aliphatic heterocycles. The van der Waals surface area contributed by atoms with Crippen LogP contribution in [-0.4, -0.2) is 52.3 Å². The largest absolute Gasteiger partial charge is 0.338 e. The summed E-state index contributed by atoms with van der Waals surface area (Å²) in [7, 11) is 3.85. The Morgan fingerprint density at radius 1 is 1.23 bits per heavy atom. The molecule has 162 valence electrons. The minimum atomic E-state index is 0. The number of nitrogens with zero attached hydrogens (tertiary/aromatic N) is 4. The molecule has 2 aromatic heterocycles. The van der Waals surface area contributed by atoms with Crippen molar-refractivity contribution in [2.24, 2.45) is 13.0 Å². The number of pyridine rings is 1. The van der Waals surface area contributed by atoms with E-state index in [0.717, 1.165) is 60.5 Å². The first-order valence-electron chi connectivity index (χ1n) is 9.92. The zero-order chi connectivity index (χ0) is 19.7. The van der Waals surface area contributed by atoms with E-state index in [1.54, 1.807) is 4.68 Å². The van der Waals surface area contributed by atoms with E-state index in [0.29, 0.717) is 11.5 Å². The Kier molecular flexibility index (Phi) is 8.24. The maximum atomic E-state index is 13.5. The van der Waals surface area contributed by atoms with E-state index in [9.17, 15) is 4.79 Å². The van der Waals surface area contributed by atoms with Crippen molar-refractivity contribution in [3.8, 4) is 11.3 Å². The SMILES string of the molecule is CNCC1CCCN(C(=O)c2cc(-c3ccccc3)nc3c2c(C)nn3C)C1.Cl.Cl. The van der Waals surface area contributed by atoms with Gasteiger partial charge >= 0.3 is 0 Å². The van der Waals surface area contributed by atoms with Crippen LogP contribution in [0.2, 0.25) is 0 Å². The second-order valence-corrected chi connectivity index (χ2v) is 7.65. The molecule has 1 fully saturated rings. The predicted octanol–water partition coefficient (Wildman–Crippen LogP) is 3.86. The highest BCUT2D eigenvalue weighted by molar-refractivity contribution is 6.07. The van der Waals surface area contributed by atoms with Gasteiger partial charge in [-0.05, 0) is 45.3 Å². The van der Waals surface area contributed by atoms with Crippen molar-refractivity contribution in [2.45, 2.75) is 19.8 Å². The van der Waals surface area contributed by atoms with Gasteiger partial charge in [-0.1, -0.05) is 30.3 Å². The molecule has 0 spiro atoms.